The molecule has 0 aliphatic rings. The molecule has 4 rings (SSSR count). The van der Waals surface area contributed by atoms with Gasteiger partial charge in [0, 0.05) is 9.35 Å². The highest BCUT2D eigenvalue weighted by atomic mass is 79.9. The third-order valence-corrected chi connectivity index (χ3v) is 8.30. The van der Waals surface area contributed by atoms with Crippen LogP contribution in [0, 0.1) is 20.8 Å². The van der Waals surface area contributed by atoms with E-state index in [-0.39, 0.29) is 17.2 Å². The molecule has 0 bridgehead atoms. The van der Waals surface area contributed by atoms with Gasteiger partial charge in [0.25, 0.3) is 5.56 Å². The maximum Gasteiger partial charge on any atom is 0.267 e. The van der Waals surface area contributed by atoms with Crippen LogP contribution in [0.25, 0.3) is 15.9 Å². The van der Waals surface area contributed by atoms with Gasteiger partial charge in [-0.25, -0.2) is 4.98 Å². The van der Waals surface area contributed by atoms with Crippen LogP contribution < -0.4 is 10.9 Å². The Morgan fingerprint density at radius 2 is 1.82 bits per heavy atom. The smallest absolute Gasteiger partial charge is 0.267 e. The lowest BCUT2D eigenvalue weighted by atomic mass is 10.2. The first-order chi connectivity index (χ1) is 15.8. The number of rotatable bonds is 6. The molecule has 1 N–H and O–H groups in total. The minimum atomic E-state index is -0.161. The van der Waals surface area contributed by atoms with Crippen molar-refractivity contribution in [3.8, 4) is 5.69 Å². The number of nitrogens with zero attached hydrogens (tertiary/aromatic N) is 2. The average Bonchev–Trinajstić information content (AvgIpc) is 3.11. The van der Waals surface area contributed by atoms with E-state index >= 15 is 0 Å². The first kappa shape index (κ1) is 23.7. The number of benzene rings is 2. The highest BCUT2D eigenvalue weighted by Gasteiger charge is 2.19. The van der Waals surface area contributed by atoms with E-state index in [1.165, 1.54) is 11.8 Å². The first-order valence-corrected chi connectivity index (χ1v) is 13.2. The van der Waals surface area contributed by atoms with Gasteiger partial charge in [0.1, 0.15) is 4.83 Å². The van der Waals surface area contributed by atoms with E-state index in [9.17, 15) is 9.59 Å². The molecule has 0 radical (unpaired) electrons. The molecular weight excluding hydrogens is 518 g/mol. The van der Waals surface area contributed by atoms with Crippen LogP contribution >= 0.6 is 39.0 Å². The topological polar surface area (TPSA) is 64.0 Å². The molecule has 0 atom stereocenters. The summed E-state index contributed by atoms with van der Waals surface area (Å²) in [4.78, 5) is 33.0. The molecular formula is C25H24BrN3O2S2. The van der Waals surface area contributed by atoms with E-state index < -0.39 is 0 Å². The van der Waals surface area contributed by atoms with Crippen LogP contribution in [0.2, 0.25) is 0 Å². The van der Waals surface area contributed by atoms with E-state index in [0.717, 1.165) is 43.0 Å². The minimum absolute atomic E-state index is 0.0958. The monoisotopic (exact) mass is 541 g/mol. The normalized spacial score (nSPS) is 11.2. The molecule has 0 spiro atoms. The maximum atomic E-state index is 13.6. The molecule has 0 saturated carbocycles. The fourth-order valence-electron chi connectivity index (χ4n) is 3.60. The Labute approximate surface area is 209 Å². The highest BCUT2D eigenvalue weighted by Crippen LogP contribution is 2.31. The van der Waals surface area contributed by atoms with Crippen molar-refractivity contribution in [3.05, 3.63) is 78.9 Å². The predicted octanol–water partition coefficient (Wildman–Crippen LogP) is 6.43. The van der Waals surface area contributed by atoms with Crippen molar-refractivity contribution >= 4 is 60.8 Å². The molecule has 170 valence electrons. The van der Waals surface area contributed by atoms with Crippen molar-refractivity contribution in [2.24, 2.45) is 0 Å². The van der Waals surface area contributed by atoms with Crippen LogP contribution in [0.4, 0.5) is 5.69 Å². The number of amides is 1. The lowest BCUT2D eigenvalue weighted by Crippen LogP contribution is -2.23. The largest absolute Gasteiger partial charge is 0.324 e. The second-order valence-electron chi connectivity index (χ2n) is 7.87. The molecule has 8 heteroatoms. The number of aryl methyl sites for hydroxylation is 4. The van der Waals surface area contributed by atoms with Crippen molar-refractivity contribution in [1.29, 1.82) is 0 Å². The number of carbonyl (C=O) groups excluding carboxylic acids is 1. The summed E-state index contributed by atoms with van der Waals surface area (Å²) in [7, 11) is 0. The standard InChI is InChI=1S/C25H24BrN3O2S2/c1-5-20-16(4)22-23(33-20)28-25(29(24(22)31)17-9-6-14(2)7-10-17)32-13-21(30)27-19-11-8-15(3)12-18(19)26/h6-12H,5,13H2,1-4H3,(H,27,30). The summed E-state index contributed by atoms with van der Waals surface area (Å²) in [5, 5.41) is 4.10. The molecule has 2 aromatic heterocycles. The zero-order valence-electron chi connectivity index (χ0n) is 18.9. The second kappa shape index (κ2) is 9.83. The summed E-state index contributed by atoms with van der Waals surface area (Å²) in [5.41, 5.74) is 4.57. The van der Waals surface area contributed by atoms with E-state index in [1.54, 1.807) is 15.9 Å². The molecule has 33 heavy (non-hydrogen) atoms. The van der Waals surface area contributed by atoms with Crippen LogP contribution in [0.3, 0.4) is 0 Å². The third kappa shape index (κ3) is 4.93. The Kier molecular flexibility index (Phi) is 7.07. The predicted molar refractivity (Wildman–Crippen MR) is 142 cm³/mol. The maximum absolute atomic E-state index is 13.6. The Balaban J connectivity index is 1.71. The summed E-state index contributed by atoms with van der Waals surface area (Å²) in [6.07, 6.45) is 0.854. The Morgan fingerprint density at radius 3 is 2.48 bits per heavy atom. The van der Waals surface area contributed by atoms with E-state index in [4.69, 9.17) is 4.98 Å². The number of hydrogen-bond donors (Lipinski definition) is 1. The lowest BCUT2D eigenvalue weighted by molar-refractivity contribution is -0.113. The summed E-state index contributed by atoms with van der Waals surface area (Å²) < 4.78 is 2.46. The number of nitrogens with one attached hydrogen (secondary N) is 1. The fourth-order valence-corrected chi connectivity index (χ4v) is 6.17. The second-order valence-corrected chi connectivity index (χ2v) is 10.8. The first-order valence-electron chi connectivity index (χ1n) is 10.6. The number of halogens is 1. The average molecular weight is 543 g/mol. The summed E-state index contributed by atoms with van der Waals surface area (Å²) in [6.45, 7) is 8.07. The molecule has 2 aromatic carbocycles. The summed E-state index contributed by atoms with van der Waals surface area (Å²) >= 11 is 6.31. The molecule has 5 nitrogen and oxygen atoms in total. The number of hydrogen-bond acceptors (Lipinski definition) is 5. The van der Waals surface area contributed by atoms with Crippen molar-refractivity contribution in [2.75, 3.05) is 11.1 Å². The van der Waals surface area contributed by atoms with Crippen LogP contribution in [-0.2, 0) is 11.2 Å². The third-order valence-electron chi connectivity index (χ3n) is 5.38. The van der Waals surface area contributed by atoms with Gasteiger partial charge in [-0.2, -0.15) is 0 Å². The summed E-state index contributed by atoms with van der Waals surface area (Å²) in [6, 6.07) is 13.6. The zero-order valence-corrected chi connectivity index (χ0v) is 22.1. The van der Waals surface area contributed by atoms with Gasteiger partial charge in [0.2, 0.25) is 5.91 Å². The van der Waals surface area contributed by atoms with Crippen molar-refractivity contribution in [1.82, 2.24) is 9.55 Å². The quantitative estimate of drug-likeness (QED) is 0.225. The molecule has 1 amide bonds. The molecule has 0 saturated heterocycles. The SMILES string of the molecule is CCc1sc2nc(SCC(=O)Nc3ccc(C)cc3Br)n(-c3ccc(C)cc3)c(=O)c2c1C. The van der Waals surface area contributed by atoms with Crippen LogP contribution in [0.5, 0.6) is 0 Å². The van der Waals surface area contributed by atoms with Gasteiger partial charge in [-0.1, -0.05) is 42.4 Å². The Hall–Kier alpha value is -2.42. The van der Waals surface area contributed by atoms with Crippen LogP contribution in [0.1, 0.15) is 28.5 Å². The van der Waals surface area contributed by atoms with E-state index in [2.05, 4.69) is 28.2 Å². The Morgan fingerprint density at radius 1 is 1.12 bits per heavy atom. The zero-order chi connectivity index (χ0) is 23.7. The number of carbonyl (C=O) groups is 1. The molecule has 2 heterocycles. The molecule has 4 aromatic rings. The van der Waals surface area contributed by atoms with Gasteiger partial charge in [0.05, 0.1) is 22.5 Å². The van der Waals surface area contributed by atoms with E-state index in [1.807, 2.05) is 63.2 Å². The number of thioether (sulfide) groups is 1. The number of fused-ring (bicyclic) bond motifs is 1. The molecule has 0 unspecified atom stereocenters. The summed E-state index contributed by atoms with van der Waals surface area (Å²) in [5.74, 6) is -0.0271. The number of thiophene rings is 1. The molecule has 0 fully saturated rings. The number of aromatic nitrogens is 2. The minimum Gasteiger partial charge on any atom is -0.324 e. The fraction of sp³-hybridized carbons (Fsp3) is 0.240. The van der Waals surface area contributed by atoms with Crippen molar-refractivity contribution < 1.29 is 4.79 Å². The Bertz CT molecular complexity index is 1410. The van der Waals surface area contributed by atoms with Gasteiger partial charge in [-0.3, -0.25) is 14.2 Å². The highest BCUT2D eigenvalue weighted by molar-refractivity contribution is 9.10. The van der Waals surface area contributed by atoms with Gasteiger partial charge in [0.15, 0.2) is 5.16 Å². The number of anilines is 1. The van der Waals surface area contributed by atoms with E-state index in [0.29, 0.717) is 16.2 Å². The van der Waals surface area contributed by atoms with Gasteiger partial charge in [-0.05, 0) is 78.5 Å². The van der Waals surface area contributed by atoms with Crippen LogP contribution in [-0.4, -0.2) is 21.2 Å². The molecule has 0 aliphatic carbocycles. The van der Waals surface area contributed by atoms with Gasteiger partial charge < -0.3 is 5.32 Å². The molecule has 0 aliphatic heterocycles. The van der Waals surface area contributed by atoms with Gasteiger partial charge >= 0.3 is 0 Å². The lowest BCUT2D eigenvalue weighted by Gasteiger charge is -2.13. The van der Waals surface area contributed by atoms with Crippen LogP contribution in [0.15, 0.2) is 56.9 Å². The van der Waals surface area contributed by atoms with Gasteiger partial charge in [-0.15, -0.1) is 11.3 Å². The van der Waals surface area contributed by atoms with Crippen molar-refractivity contribution in [2.45, 2.75) is 39.3 Å². The van der Waals surface area contributed by atoms with Crippen molar-refractivity contribution in [3.63, 3.8) is 0 Å².